The van der Waals surface area contributed by atoms with Crippen molar-refractivity contribution in [1.29, 1.82) is 0 Å². The van der Waals surface area contributed by atoms with Crippen molar-refractivity contribution in [2.75, 3.05) is 46.8 Å². The zero-order valence-electron chi connectivity index (χ0n) is 17.3. The lowest BCUT2D eigenvalue weighted by atomic mass is 9.79. The Labute approximate surface area is 164 Å². The monoisotopic (exact) mass is 378 g/mol. The Morgan fingerprint density at radius 2 is 1.52 bits per heavy atom. The Morgan fingerprint density at radius 3 is 2.11 bits per heavy atom. The van der Waals surface area contributed by atoms with Crippen molar-refractivity contribution < 1.29 is 9.59 Å². The Balaban J connectivity index is 1.51. The van der Waals surface area contributed by atoms with E-state index in [1.807, 2.05) is 19.0 Å². The molecule has 0 atom stereocenters. The molecule has 0 bridgehead atoms. The quantitative estimate of drug-likeness (QED) is 0.818. The highest BCUT2D eigenvalue weighted by Crippen LogP contribution is 2.35. The number of rotatable bonds is 4. The molecule has 0 unspecified atom stereocenters. The molecule has 2 saturated heterocycles. The van der Waals surface area contributed by atoms with Gasteiger partial charge in [-0.1, -0.05) is 25.7 Å². The molecule has 2 heterocycles. The normalized spacial score (nSPS) is 24.4. The average molecular weight is 379 g/mol. The fourth-order valence-electron chi connectivity index (χ4n) is 5.23. The number of hydrogen-bond acceptors (Lipinski definition) is 3. The van der Waals surface area contributed by atoms with Gasteiger partial charge in [-0.25, -0.2) is 4.79 Å². The van der Waals surface area contributed by atoms with Crippen LogP contribution in [-0.2, 0) is 4.79 Å². The number of amides is 3. The van der Waals surface area contributed by atoms with Crippen LogP contribution in [-0.4, -0.2) is 79.0 Å². The molecule has 0 aromatic carbocycles. The van der Waals surface area contributed by atoms with Crippen LogP contribution in [0.15, 0.2) is 0 Å². The molecule has 1 N–H and O–H groups in total. The molecule has 6 heteroatoms. The summed E-state index contributed by atoms with van der Waals surface area (Å²) in [5, 5.41) is 3.28. The van der Waals surface area contributed by atoms with E-state index in [1.165, 1.54) is 64.5 Å². The van der Waals surface area contributed by atoms with Crippen LogP contribution < -0.4 is 5.32 Å². The van der Waals surface area contributed by atoms with Crippen LogP contribution in [0.4, 0.5) is 4.79 Å². The lowest BCUT2D eigenvalue weighted by molar-refractivity contribution is -0.134. The first-order valence-electron chi connectivity index (χ1n) is 11.0. The van der Waals surface area contributed by atoms with E-state index in [1.54, 1.807) is 4.90 Å². The summed E-state index contributed by atoms with van der Waals surface area (Å²) in [6, 6.07) is 0.0627. The number of carbonyl (C=O) groups is 2. The molecule has 3 fully saturated rings. The van der Waals surface area contributed by atoms with Crippen molar-refractivity contribution in [3.05, 3.63) is 0 Å². The summed E-state index contributed by atoms with van der Waals surface area (Å²) in [4.78, 5) is 31.2. The van der Waals surface area contributed by atoms with Crippen molar-refractivity contribution in [2.24, 2.45) is 5.92 Å². The van der Waals surface area contributed by atoms with Crippen LogP contribution in [0.2, 0.25) is 0 Å². The number of carbonyl (C=O) groups excluding carboxylic acids is 2. The van der Waals surface area contributed by atoms with Crippen molar-refractivity contribution in [2.45, 2.75) is 69.7 Å². The highest BCUT2D eigenvalue weighted by molar-refractivity contribution is 5.79. The van der Waals surface area contributed by atoms with E-state index in [2.05, 4.69) is 10.2 Å². The highest BCUT2D eigenvalue weighted by Gasteiger charge is 2.39. The first-order valence-corrected chi connectivity index (χ1v) is 11.0. The topological polar surface area (TPSA) is 55.9 Å². The van der Waals surface area contributed by atoms with Crippen molar-refractivity contribution in [3.8, 4) is 0 Å². The van der Waals surface area contributed by atoms with E-state index in [-0.39, 0.29) is 23.4 Å². The molecule has 0 aromatic rings. The number of urea groups is 1. The predicted octanol–water partition coefficient (Wildman–Crippen LogP) is 2.69. The summed E-state index contributed by atoms with van der Waals surface area (Å²) in [6.45, 7) is 4.53. The van der Waals surface area contributed by atoms with Gasteiger partial charge in [0.2, 0.25) is 5.91 Å². The largest absolute Gasteiger partial charge is 0.349 e. The first kappa shape index (κ1) is 20.4. The van der Waals surface area contributed by atoms with Gasteiger partial charge in [0.15, 0.2) is 0 Å². The minimum absolute atomic E-state index is 0.0627. The molecule has 27 heavy (non-hydrogen) atoms. The molecule has 1 saturated carbocycles. The molecule has 154 valence electrons. The standard InChI is InChI=1S/C21H38N4O2/c1-23(2)19(26)18-9-15-24(16-10-18)20(27)22-17-21(11-5-3-6-12-21)25-13-7-4-8-14-25/h18H,3-17H2,1-2H3,(H,22,27). The first-order chi connectivity index (χ1) is 13.0. The Morgan fingerprint density at radius 1 is 0.926 bits per heavy atom. The Kier molecular flexibility index (Phi) is 7.01. The lowest BCUT2D eigenvalue weighted by Crippen LogP contribution is -2.59. The van der Waals surface area contributed by atoms with Crippen LogP contribution in [0.3, 0.4) is 0 Å². The maximum Gasteiger partial charge on any atom is 0.317 e. The third-order valence-electron chi connectivity index (χ3n) is 6.95. The summed E-state index contributed by atoms with van der Waals surface area (Å²) >= 11 is 0. The molecule has 3 aliphatic rings. The van der Waals surface area contributed by atoms with Gasteiger partial charge < -0.3 is 15.1 Å². The second-order valence-corrected chi connectivity index (χ2v) is 8.99. The number of likely N-dealkylation sites (tertiary alicyclic amines) is 2. The van der Waals surface area contributed by atoms with Gasteiger partial charge in [0.05, 0.1) is 0 Å². The van der Waals surface area contributed by atoms with Crippen LogP contribution >= 0.6 is 0 Å². The van der Waals surface area contributed by atoms with E-state index in [4.69, 9.17) is 0 Å². The number of piperidine rings is 2. The maximum atomic E-state index is 12.8. The molecule has 1 aliphatic carbocycles. The summed E-state index contributed by atoms with van der Waals surface area (Å²) in [6.07, 6.45) is 11.8. The van der Waals surface area contributed by atoms with Gasteiger partial charge in [0.1, 0.15) is 0 Å². The van der Waals surface area contributed by atoms with Crippen LogP contribution in [0, 0.1) is 5.92 Å². The van der Waals surface area contributed by atoms with Gasteiger partial charge in [-0.15, -0.1) is 0 Å². The summed E-state index contributed by atoms with van der Waals surface area (Å²) < 4.78 is 0. The van der Waals surface area contributed by atoms with Crippen molar-refractivity contribution in [3.63, 3.8) is 0 Å². The zero-order chi connectivity index (χ0) is 19.3. The van der Waals surface area contributed by atoms with Gasteiger partial charge in [0.25, 0.3) is 0 Å². The molecular weight excluding hydrogens is 340 g/mol. The van der Waals surface area contributed by atoms with Gasteiger partial charge in [-0.2, -0.15) is 0 Å². The molecule has 3 amide bonds. The van der Waals surface area contributed by atoms with Crippen LogP contribution in [0.1, 0.15) is 64.2 Å². The molecule has 6 nitrogen and oxygen atoms in total. The maximum absolute atomic E-state index is 12.8. The van der Waals surface area contributed by atoms with Crippen LogP contribution in [0.25, 0.3) is 0 Å². The van der Waals surface area contributed by atoms with Crippen LogP contribution in [0.5, 0.6) is 0 Å². The number of hydrogen-bond donors (Lipinski definition) is 1. The Hall–Kier alpha value is -1.30. The predicted molar refractivity (Wildman–Crippen MR) is 108 cm³/mol. The van der Waals surface area contributed by atoms with E-state index >= 15 is 0 Å². The molecule has 3 rings (SSSR count). The van der Waals surface area contributed by atoms with Gasteiger partial charge in [0, 0.05) is 45.2 Å². The molecule has 0 radical (unpaired) electrons. The summed E-state index contributed by atoms with van der Waals surface area (Å²) in [7, 11) is 3.62. The van der Waals surface area contributed by atoms with Gasteiger partial charge in [-0.3, -0.25) is 9.69 Å². The average Bonchev–Trinajstić information content (AvgIpc) is 2.73. The lowest BCUT2D eigenvalue weighted by Gasteiger charge is -2.48. The summed E-state index contributed by atoms with van der Waals surface area (Å²) in [5.41, 5.74) is 0.174. The molecule has 2 aliphatic heterocycles. The fourth-order valence-corrected chi connectivity index (χ4v) is 5.23. The van der Waals surface area contributed by atoms with E-state index < -0.39 is 0 Å². The SMILES string of the molecule is CN(C)C(=O)C1CCN(C(=O)NCC2(N3CCCCC3)CCCCC2)CC1. The minimum atomic E-state index is 0.0627. The number of nitrogens with one attached hydrogen (secondary N) is 1. The van der Waals surface area contributed by atoms with Gasteiger partial charge >= 0.3 is 6.03 Å². The third-order valence-corrected chi connectivity index (χ3v) is 6.95. The van der Waals surface area contributed by atoms with Gasteiger partial charge in [-0.05, 0) is 51.6 Å². The second-order valence-electron chi connectivity index (χ2n) is 8.99. The highest BCUT2D eigenvalue weighted by atomic mass is 16.2. The second kappa shape index (κ2) is 9.26. The molecule has 0 spiro atoms. The zero-order valence-corrected chi connectivity index (χ0v) is 17.3. The smallest absolute Gasteiger partial charge is 0.317 e. The Bertz CT molecular complexity index is 502. The number of nitrogens with zero attached hydrogens (tertiary/aromatic N) is 3. The van der Waals surface area contributed by atoms with E-state index in [9.17, 15) is 9.59 Å². The molecule has 0 aromatic heterocycles. The molecular formula is C21H38N4O2. The fraction of sp³-hybridized carbons (Fsp3) is 0.905. The minimum Gasteiger partial charge on any atom is -0.349 e. The van der Waals surface area contributed by atoms with E-state index in [0.29, 0.717) is 13.1 Å². The third kappa shape index (κ3) is 4.95. The summed E-state index contributed by atoms with van der Waals surface area (Å²) in [5.74, 6) is 0.267. The van der Waals surface area contributed by atoms with Crippen molar-refractivity contribution in [1.82, 2.24) is 20.0 Å². The van der Waals surface area contributed by atoms with Crippen molar-refractivity contribution >= 4 is 11.9 Å². The van der Waals surface area contributed by atoms with E-state index in [0.717, 1.165) is 19.4 Å².